The first kappa shape index (κ1) is 20.2. The number of halogens is 1. The van der Waals surface area contributed by atoms with Gasteiger partial charge in [0.05, 0.1) is 6.61 Å². The van der Waals surface area contributed by atoms with E-state index in [1.54, 1.807) is 6.20 Å². The third kappa shape index (κ3) is 7.74. The molecule has 0 N–H and O–H groups in total. The molecule has 0 saturated carbocycles. The van der Waals surface area contributed by atoms with E-state index in [2.05, 4.69) is 20.9 Å². The Labute approximate surface area is 159 Å². The zero-order chi connectivity index (χ0) is 18.3. The SMILES string of the molecule is CC(C)(C)OC(=O)N1CCC[C@H](CCCOCc2ccnc(Br)c2)C1. The summed E-state index contributed by atoms with van der Waals surface area (Å²) in [6.45, 7) is 8.67. The molecule has 0 aliphatic carbocycles. The molecule has 0 spiro atoms. The number of hydrogen-bond donors (Lipinski definition) is 0. The summed E-state index contributed by atoms with van der Waals surface area (Å²) in [5.41, 5.74) is 0.690. The number of rotatable bonds is 6. The number of hydrogen-bond acceptors (Lipinski definition) is 4. The highest BCUT2D eigenvalue weighted by Gasteiger charge is 2.27. The fourth-order valence-corrected chi connectivity index (χ4v) is 3.40. The summed E-state index contributed by atoms with van der Waals surface area (Å²) in [5.74, 6) is 0.542. The van der Waals surface area contributed by atoms with Gasteiger partial charge in [0.15, 0.2) is 0 Å². The van der Waals surface area contributed by atoms with Gasteiger partial charge in [0.25, 0.3) is 0 Å². The van der Waals surface area contributed by atoms with Gasteiger partial charge in [-0.3, -0.25) is 0 Å². The van der Waals surface area contributed by atoms with Crippen molar-refractivity contribution in [3.8, 4) is 0 Å². The van der Waals surface area contributed by atoms with Crippen molar-refractivity contribution in [3.63, 3.8) is 0 Å². The monoisotopic (exact) mass is 412 g/mol. The van der Waals surface area contributed by atoms with Crippen molar-refractivity contribution >= 4 is 22.0 Å². The number of aromatic nitrogens is 1. The molecule has 0 unspecified atom stereocenters. The Bertz CT molecular complexity index is 560. The molecule has 6 heteroatoms. The number of carbonyl (C=O) groups is 1. The summed E-state index contributed by atoms with van der Waals surface area (Å²) < 4.78 is 12.1. The summed E-state index contributed by atoms with van der Waals surface area (Å²) in [7, 11) is 0. The molecule has 1 aromatic rings. The first-order valence-electron chi connectivity index (χ1n) is 8.99. The predicted octanol–water partition coefficient (Wildman–Crippen LogP) is 4.79. The highest BCUT2D eigenvalue weighted by atomic mass is 79.9. The van der Waals surface area contributed by atoms with Crippen LogP contribution in [-0.4, -0.2) is 41.3 Å². The van der Waals surface area contributed by atoms with E-state index in [-0.39, 0.29) is 6.09 Å². The summed E-state index contributed by atoms with van der Waals surface area (Å²) >= 11 is 3.36. The molecule has 1 aliphatic heterocycles. The number of amides is 1. The lowest BCUT2D eigenvalue weighted by molar-refractivity contribution is 0.0155. The Kier molecular flexibility index (Phi) is 7.69. The number of pyridine rings is 1. The van der Waals surface area contributed by atoms with Crippen molar-refractivity contribution in [1.29, 1.82) is 0 Å². The molecule has 1 aliphatic rings. The maximum atomic E-state index is 12.2. The van der Waals surface area contributed by atoms with E-state index in [4.69, 9.17) is 9.47 Å². The van der Waals surface area contributed by atoms with E-state index < -0.39 is 5.60 Å². The first-order valence-corrected chi connectivity index (χ1v) is 9.79. The fourth-order valence-electron chi connectivity index (χ4n) is 2.99. The number of nitrogens with zero attached hydrogens (tertiary/aromatic N) is 2. The van der Waals surface area contributed by atoms with E-state index in [0.29, 0.717) is 12.5 Å². The second kappa shape index (κ2) is 9.53. The summed E-state index contributed by atoms with van der Waals surface area (Å²) in [6, 6.07) is 3.93. The maximum absolute atomic E-state index is 12.2. The van der Waals surface area contributed by atoms with E-state index in [0.717, 1.165) is 49.1 Å². The largest absolute Gasteiger partial charge is 0.444 e. The number of likely N-dealkylation sites (tertiary alicyclic amines) is 1. The van der Waals surface area contributed by atoms with Gasteiger partial charge < -0.3 is 14.4 Å². The number of ether oxygens (including phenoxy) is 2. The third-order valence-electron chi connectivity index (χ3n) is 4.13. The summed E-state index contributed by atoms with van der Waals surface area (Å²) in [4.78, 5) is 18.2. The average Bonchev–Trinajstić information content (AvgIpc) is 2.53. The van der Waals surface area contributed by atoms with Crippen molar-refractivity contribution in [3.05, 3.63) is 28.5 Å². The Balaban J connectivity index is 1.64. The van der Waals surface area contributed by atoms with Crippen molar-refractivity contribution < 1.29 is 14.3 Å². The van der Waals surface area contributed by atoms with Gasteiger partial charge in [0.1, 0.15) is 10.2 Å². The highest BCUT2D eigenvalue weighted by Crippen LogP contribution is 2.23. The molecule has 2 rings (SSSR count). The average molecular weight is 413 g/mol. The fraction of sp³-hybridized carbons (Fsp3) is 0.684. The quantitative estimate of drug-likeness (QED) is 0.497. The second-order valence-electron chi connectivity index (χ2n) is 7.62. The predicted molar refractivity (Wildman–Crippen MR) is 101 cm³/mol. The molecular weight excluding hydrogens is 384 g/mol. The summed E-state index contributed by atoms with van der Waals surface area (Å²) in [5, 5.41) is 0. The lowest BCUT2D eigenvalue weighted by atomic mass is 9.94. The van der Waals surface area contributed by atoms with E-state index >= 15 is 0 Å². The molecule has 140 valence electrons. The van der Waals surface area contributed by atoms with Gasteiger partial charge in [-0.05, 0) is 86.0 Å². The van der Waals surface area contributed by atoms with Crippen LogP contribution in [0.15, 0.2) is 22.9 Å². The molecule has 1 aromatic heterocycles. The third-order valence-corrected chi connectivity index (χ3v) is 4.57. The van der Waals surface area contributed by atoms with Crippen LogP contribution in [0, 0.1) is 5.92 Å². The Morgan fingerprint density at radius 3 is 2.96 bits per heavy atom. The molecule has 0 aromatic carbocycles. The molecule has 0 bridgehead atoms. The molecule has 25 heavy (non-hydrogen) atoms. The van der Waals surface area contributed by atoms with Gasteiger partial charge >= 0.3 is 6.09 Å². The molecule has 1 fully saturated rings. The zero-order valence-corrected chi connectivity index (χ0v) is 17.0. The van der Waals surface area contributed by atoms with Crippen LogP contribution in [0.2, 0.25) is 0 Å². The van der Waals surface area contributed by atoms with Gasteiger partial charge in [-0.1, -0.05) is 0 Å². The standard InChI is InChI=1S/C19H29BrN2O3/c1-19(2,3)25-18(23)22-10-4-6-15(13-22)7-5-11-24-14-16-8-9-21-17(20)12-16/h8-9,12,15H,4-7,10-11,13-14H2,1-3H3/t15-/m1/s1. The topological polar surface area (TPSA) is 51.7 Å². The lowest BCUT2D eigenvalue weighted by Crippen LogP contribution is -2.42. The van der Waals surface area contributed by atoms with Crippen LogP contribution in [0.1, 0.15) is 52.0 Å². The van der Waals surface area contributed by atoms with Crippen molar-refractivity contribution in [1.82, 2.24) is 9.88 Å². The van der Waals surface area contributed by atoms with Crippen LogP contribution in [0.4, 0.5) is 4.79 Å². The Hall–Kier alpha value is -1.14. The van der Waals surface area contributed by atoms with Crippen LogP contribution in [0.5, 0.6) is 0 Å². The molecule has 1 saturated heterocycles. The van der Waals surface area contributed by atoms with E-state index in [1.165, 1.54) is 6.42 Å². The minimum Gasteiger partial charge on any atom is -0.444 e. The maximum Gasteiger partial charge on any atom is 0.410 e. The highest BCUT2D eigenvalue weighted by molar-refractivity contribution is 9.10. The number of piperidine rings is 1. The zero-order valence-electron chi connectivity index (χ0n) is 15.5. The van der Waals surface area contributed by atoms with Gasteiger partial charge in [-0.25, -0.2) is 9.78 Å². The normalized spacial score (nSPS) is 18.2. The van der Waals surface area contributed by atoms with E-state index in [1.807, 2.05) is 37.8 Å². The van der Waals surface area contributed by atoms with Crippen LogP contribution in [0.3, 0.4) is 0 Å². The molecule has 1 atom stereocenters. The minimum atomic E-state index is -0.431. The lowest BCUT2D eigenvalue weighted by Gasteiger charge is -2.34. The summed E-state index contributed by atoms with van der Waals surface area (Å²) in [6.07, 6.45) is 5.91. The van der Waals surface area contributed by atoms with Crippen LogP contribution in [-0.2, 0) is 16.1 Å². The Morgan fingerprint density at radius 1 is 1.44 bits per heavy atom. The van der Waals surface area contributed by atoms with Crippen molar-refractivity contribution in [2.24, 2.45) is 5.92 Å². The van der Waals surface area contributed by atoms with Gasteiger partial charge in [0.2, 0.25) is 0 Å². The molecule has 5 nitrogen and oxygen atoms in total. The van der Waals surface area contributed by atoms with Gasteiger partial charge in [-0.15, -0.1) is 0 Å². The van der Waals surface area contributed by atoms with Crippen molar-refractivity contribution in [2.75, 3.05) is 19.7 Å². The number of carbonyl (C=O) groups excluding carboxylic acids is 1. The van der Waals surface area contributed by atoms with Crippen molar-refractivity contribution in [2.45, 2.75) is 58.7 Å². The van der Waals surface area contributed by atoms with Crippen LogP contribution in [0.25, 0.3) is 0 Å². The van der Waals surface area contributed by atoms with Gasteiger partial charge in [0, 0.05) is 25.9 Å². The van der Waals surface area contributed by atoms with Crippen LogP contribution < -0.4 is 0 Å². The van der Waals surface area contributed by atoms with Crippen LogP contribution >= 0.6 is 15.9 Å². The van der Waals surface area contributed by atoms with E-state index in [9.17, 15) is 4.79 Å². The second-order valence-corrected chi connectivity index (χ2v) is 8.43. The molecule has 2 heterocycles. The molecular formula is C19H29BrN2O3. The van der Waals surface area contributed by atoms with Gasteiger partial charge in [-0.2, -0.15) is 0 Å². The smallest absolute Gasteiger partial charge is 0.410 e. The first-order chi connectivity index (χ1) is 11.8. The molecule has 1 amide bonds. The Morgan fingerprint density at radius 2 is 2.24 bits per heavy atom. The minimum absolute atomic E-state index is 0.184. The molecule has 0 radical (unpaired) electrons.